The van der Waals surface area contributed by atoms with Crippen LogP contribution in [0, 0.1) is 0 Å². The smallest absolute Gasteiger partial charge is 0.462 e. The summed E-state index contributed by atoms with van der Waals surface area (Å²) in [7, 11) is -4.40. The molecule has 68 heavy (non-hydrogen) atoms. The monoisotopic (exact) mass is 962 g/mol. The zero-order chi connectivity index (χ0) is 49.5. The van der Waals surface area contributed by atoms with Crippen LogP contribution in [0.2, 0.25) is 0 Å². The third kappa shape index (κ3) is 51.3. The van der Waals surface area contributed by atoms with Gasteiger partial charge in [-0.1, -0.05) is 205 Å². The van der Waals surface area contributed by atoms with Crippen LogP contribution in [0.1, 0.15) is 174 Å². The van der Waals surface area contributed by atoms with Crippen LogP contribution in [0.5, 0.6) is 0 Å². The molecule has 0 fully saturated rings. The summed E-state index contributed by atoms with van der Waals surface area (Å²) in [6.07, 6.45) is 75.0. The molecular weight excluding hydrogens is 870 g/mol. The summed E-state index contributed by atoms with van der Waals surface area (Å²) in [5.41, 5.74) is 5.34. The van der Waals surface area contributed by atoms with E-state index >= 15 is 0 Å². The number of hydrogen-bond donors (Lipinski definition) is 2. The average molecular weight is 962 g/mol. The van der Waals surface area contributed by atoms with E-state index in [4.69, 9.17) is 24.3 Å². The Kier molecular flexibility index (Phi) is 49.1. The van der Waals surface area contributed by atoms with Crippen LogP contribution >= 0.6 is 7.82 Å². The Labute approximate surface area is 414 Å². The molecule has 0 rings (SSSR count). The number of rotatable bonds is 46. The Morgan fingerprint density at radius 3 is 1.21 bits per heavy atom. The predicted octanol–water partition coefficient (Wildman–Crippen LogP) is 16.0. The molecule has 0 amide bonds. The summed E-state index contributed by atoms with van der Waals surface area (Å²) < 4.78 is 32.7. The van der Waals surface area contributed by atoms with E-state index in [1.165, 1.54) is 25.7 Å². The molecule has 0 aliphatic carbocycles. The van der Waals surface area contributed by atoms with Gasteiger partial charge in [0.2, 0.25) is 0 Å². The van der Waals surface area contributed by atoms with Gasteiger partial charge in [0.1, 0.15) is 6.61 Å². The summed E-state index contributed by atoms with van der Waals surface area (Å²) >= 11 is 0. The van der Waals surface area contributed by atoms with Gasteiger partial charge in [0.15, 0.2) is 6.10 Å². The van der Waals surface area contributed by atoms with Gasteiger partial charge in [0, 0.05) is 19.4 Å². The van der Waals surface area contributed by atoms with Crippen LogP contribution in [0.15, 0.2) is 146 Å². The van der Waals surface area contributed by atoms with Gasteiger partial charge in [-0.2, -0.15) is 0 Å². The second-order valence-electron chi connectivity index (χ2n) is 16.3. The van der Waals surface area contributed by atoms with Crippen molar-refractivity contribution in [3.8, 4) is 0 Å². The topological polar surface area (TPSA) is 134 Å². The van der Waals surface area contributed by atoms with Crippen molar-refractivity contribution in [3.63, 3.8) is 0 Å². The number of esters is 2. The molecule has 382 valence electrons. The Morgan fingerprint density at radius 2 is 0.809 bits per heavy atom. The largest absolute Gasteiger partial charge is 0.472 e. The third-order valence-corrected chi connectivity index (χ3v) is 11.0. The van der Waals surface area contributed by atoms with Crippen LogP contribution in [0.3, 0.4) is 0 Å². The minimum absolute atomic E-state index is 0.0392. The van der Waals surface area contributed by atoms with E-state index in [-0.39, 0.29) is 32.6 Å². The standard InChI is InChI=1S/C58H92NO8P/c1-3-5-7-9-11-13-14-15-16-17-18-19-20-21-22-23-24-25-26-27-28-29-30-31-32-33-34-35-36-37-38-39-40-41-42-43-45-47-49-51-58(61)67-56(55-66-68(62,63)65-53-52-59)54-64-57(60)50-48-46-44-12-10-8-6-4-2/h5,7,11,13,15-16,18-19,21-22,24-25,27-28,30-31,33-34,36-37,39-40,42-43,56H,3-4,6,8-10,12,14,17,20,23,26,29,32,35,38,41,44-55,59H2,1-2H3,(H,62,63)/b7-5-,13-11-,16-15-,19-18-,22-21-,25-24-,28-27-,31-30-,34-33-,37-36-,40-39-,43-42-. The molecule has 9 nitrogen and oxygen atoms in total. The number of phosphoric acid groups is 1. The van der Waals surface area contributed by atoms with Gasteiger partial charge >= 0.3 is 19.8 Å². The van der Waals surface area contributed by atoms with E-state index in [1.54, 1.807) is 0 Å². The molecule has 0 aromatic rings. The quantitative estimate of drug-likeness (QED) is 0.0265. The minimum Gasteiger partial charge on any atom is -0.462 e. The first-order valence-electron chi connectivity index (χ1n) is 25.8. The Hall–Kier alpha value is -4.11. The molecule has 10 heteroatoms. The van der Waals surface area contributed by atoms with Crippen molar-refractivity contribution < 1.29 is 37.6 Å². The highest BCUT2D eigenvalue weighted by Gasteiger charge is 2.26. The fourth-order valence-corrected chi connectivity index (χ4v) is 6.97. The molecular formula is C58H92NO8P. The van der Waals surface area contributed by atoms with E-state index in [2.05, 4.69) is 160 Å². The number of phosphoric ester groups is 1. The van der Waals surface area contributed by atoms with Gasteiger partial charge in [-0.3, -0.25) is 18.6 Å². The first-order chi connectivity index (χ1) is 33.3. The number of allylic oxidation sites excluding steroid dienone is 24. The first kappa shape index (κ1) is 63.9. The Bertz CT molecular complexity index is 1610. The summed E-state index contributed by atoms with van der Waals surface area (Å²) in [6, 6.07) is 0. The van der Waals surface area contributed by atoms with Crippen LogP contribution in [0.4, 0.5) is 0 Å². The lowest BCUT2D eigenvalue weighted by molar-refractivity contribution is -0.161. The molecule has 0 bridgehead atoms. The number of ether oxygens (including phenoxy) is 2. The minimum atomic E-state index is -4.40. The molecule has 2 atom stereocenters. The van der Waals surface area contributed by atoms with Crippen molar-refractivity contribution in [2.75, 3.05) is 26.4 Å². The Morgan fingerprint density at radius 1 is 0.456 bits per heavy atom. The molecule has 0 spiro atoms. The fourth-order valence-electron chi connectivity index (χ4n) is 6.20. The second-order valence-corrected chi connectivity index (χ2v) is 17.8. The summed E-state index contributed by atoms with van der Waals surface area (Å²) in [5.74, 6) is -0.898. The maximum Gasteiger partial charge on any atom is 0.472 e. The Balaban J connectivity index is 4.07. The van der Waals surface area contributed by atoms with Gasteiger partial charge in [-0.15, -0.1) is 0 Å². The maximum atomic E-state index is 12.6. The molecule has 0 saturated heterocycles. The summed E-state index contributed by atoms with van der Waals surface area (Å²) in [5, 5.41) is 0. The van der Waals surface area contributed by atoms with E-state index < -0.39 is 32.5 Å². The normalized spacial score (nSPS) is 14.4. The lowest BCUT2D eigenvalue weighted by Gasteiger charge is -2.19. The van der Waals surface area contributed by atoms with Crippen molar-refractivity contribution in [1.82, 2.24) is 0 Å². The van der Waals surface area contributed by atoms with Gasteiger partial charge in [0.25, 0.3) is 0 Å². The van der Waals surface area contributed by atoms with Gasteiger partial charge in [0.05, 0.1) is 13.2 Å². The molecule has 0 aliphatic heterocycles. The molecule has 0 saturated carbocycles. The van der Waals surface area contributed by atoms with Crippen molar-refractivity contribution in [3.05, 3.63) is 146 Å². The van der Waals surface area contributed by atoms with Crippen molar-refractivity contribution in [2.24, 2.45) is 5.73 Å². The molecule has 2 unspecified atom stereocenters. The lowest BCUT2D eigenvalue weighted by atomic mass is 10.1. The second kappa shape index (κ2) is 52.3. The average Bonchev–Trinajstić information content (AvgIpc) is 3.33. The van der Waals surface area contributed by atoms with Crippen molar-refractivity contribution in [2.45, 2.75) is 180 Å². The van der Waals surface area contributed by atoms with Crippen LogP contribution in [0.25, 0.3) is 0 Å². The van der Waals surface area contributed by atoms with Crippen molar-refractivity contribution >= 4 is 19.8 Å². The lowest BCUT2D eigenvalue weighted by Crippen LogP contribution is -2.29. The van der Waals surface area contributed by atoms with E-state index in [1.807, 2.05) is 0 Å². The van der Waals surface area contributed by atoms with Gasteiger partial charge in [-0.25, -0.2) is 4.57 Å². The van der Waals surface area contributed by atoms with Crippen molar-refractivity contribution in [1.29, 1.82) is 0 Å². The zero-order valence-electron chi connectivity index (χ0n) is 42.3. The molecule has 0 aromatic carbocycles. The molecule has 0 aliphatic rings. The number of nitrogens with two attached hydrogens (primary N) is 1. The van der Waals surface area contributed by atoms with E-state index in [9.17, 15) is 19.0 Å². The SMILES string of the molecule is CC/C=C\C/C=C\C/C=C\C/C=C\C/C=C\C/C=C\C/C=C\C/C=C\C/C=C\C/C=C\C/C=C\C/C=C\CCCCC(=O)OC(COC(=O)CCCCCCCCCC)COP(=O)(O)OCCN. The highest BCUT2D eigenvalue weighted by Crippen LogP contribution is 2.43. The molecule has 3 N–H and O–H groups in total. The van der Waals surface area contributed by atoms with E-state index in [0.717, 1.165) is 116 Å². The first-order valence-corrected chi connectivity index (χ1v) is 27.3. The maximum absolute atomic E-state index is 12.6. The van der Waals surface area contributed by atoms with Crippen LogP contribution in [-0.2, 0) is 32.7 Å². The van der Waals surface area contributed by atoms with E-state index in [0.29, 0.717) is 6.42 Å². The predicted molar refractivity (Wildman–Crippen MR) is 288 cm³/mol. The summed E-state index contributed by atoms with van der Waals surface area (Å²) in [6.45, 7) is 3.50. The third-order valence-electron chi connectivity index (χ3n) is 9.99. The number of carbonyl (C=O) groups excluding carboxylic acids is 2. The molecule has 0 heterocycles. The highest BCUT2D eigenvalue weighted by atomic mass is 31.2. The number of unbranched alkanes of at least 4 members (excludes halogenated alkanes) is 9. The zero-order valence-corrected chi connectivity index (χ0v) is 43.2. The summed E-state index contributed by atoms with van der Waals surface area (Å²) in [4.78, 5) is 34.8. The molecule has 0 radical (unpaired) electrons. The van der Waals surface area contributed by atoms with Gasteiger partial charge in [-0.05, 0) is 103 Å². The van der Waals surface area contributed by atoms with Gasteiger partial charge < -0.3 is 20.1 Å². The highest BCUT2D eigenvalue weighted by molar-refractivity contribution is 7.47. The number of carbonyl (C=O) groups is 2. The van der Waals surface area contributed by atoms with Crippen LogP contribution in [-0.4, -0.2) is 49.3 Å². The number of hydrogen-bond acceptors (Lipinski definition) is 8. The van der Waals surface area contributed by atoms with Crippen LogP contribution < -0.4 is 5.73 Å². The molecule has 0 aromatic heterocycles. The fraction of sp³-hybridized carbons (Fsp3) is 0.552.